The molecule has 174 valence electrons. The zero-order valence-electron chi connectivity index (χ0n) is 17.0. The fourth-order valence-corrected chi connectivity index (χ4v) is 5.71. The molecule has 4 aromatic rings. The van der Waals surface area contributed by atoms with Crippen LogP contribution in [-0.4, -0.2) is 0 Å². The fraction of sp³-hybridized carbons (Fsp3) is 0. The summed E-state index contributed by atoms with van der Waals surface area (Å²) in [4.78, 5) is 6.58. The van der Waals surface area contributed by atoms with Crippen molar-refractivity contribution >= 4 is 30.5 Å². The summed E-state index contributed by atoms with van der Waals surface area (Å²) in [5.41, 5.74) is 0. The molecule has 4 aromatic carbocycles. The summed E-state index contributed by atoms with van der Waals surface area (Å²) in [6, 6.07) is 41.1. The SMILES string of the molecule is F[P-](F)(F)(F)(F)F.c1ccc(Sc2ccc([S+](c3ccccc3)c3ccccc3)cc2)cc1. The molecule has 0 aliphatic heterocycles. The van der Waals surface area contributed by atoms with Gasteiger partial charge in [-0.3, -0.25) is 0 Å². The topological polar surface area (TPSA) is 0 Å². The van der Waals surface area contributed by atoms with Crippen LogP contribution in [0.3, 0.4) is 0 Å². The maximum absolute atomic E-state index is 10.7. The number of benzene rings is 4. The van der Waals surface area contributed by atoms with Gasteiger partial charge in [0.25, 0.3) is 0 Å². The molecule has 4 rings (SSSR count). The molecule has 33 heavy (non-hydrogen) atoms. The van der Waals surface area contributed by atoms with E-state index in [1.807, 2.05) is 0 Å². The van der Waals surface area contributed by atoms with Gasteiger partial charge in [-0.2, -0.15) is 0 Å². The van der Waals surface area contributed by atoms with Crippen LogP contribution in [-0.2, 0) is 10.9 Å². The van der Waals surface area contributed by atoms with Crippen molar-refractivity contribution in [3.63, 3.8) is 0 Å². The van der Waals surface area contributed by atoms with Crippen LogP contribution in [0.15, 0.2) is 140 Å². The van der Waals surface area contributed by atoms with E-state index >= 15 is 0 Å². The Morgan fingerprint density at radius 1 is 0.424 bits per heavy atom. The Balaban J connectivity index is 0.000000383. The Bertz CT molecular complexity index is 1100. The maximum Gasteiger partial charge on any atom is 0.166 e. The Morgan fingerprint density at radius 3 is 1.12 bits per heavy atom. The van der Waals surface area contributed by atoms with Crippen LogP contribution >= 0.6 is 19.6 Å². The minimum Gasteiger partial charge on any atom is -0.0901 e. The molecular weight excluding hydrogens is 497 g/mol. The van der Waals surface area contributed by atoms with Gasteiger partial charge in [-0.1, -0.05) is 66.4 Å². The molecule has 0 unspecified atom stereocenters. The van der Waals surface area contributed by atoms with Gasteiger partial charge in [0.05, 0.1) is 10.9 Å². The first kappa shape index (κ1) is 25.2. The fourth-order valence-electron chi connectivity index (χ4n) is 2.79. The van der Waals surface area contributed by atoms with Gasteiger partial charge in [0.15, 0.2) is 14.7 Å². The van der Waals surface area contributed by atoms with Gasteiger partial charge in [0.2, 0.25) is 0 Å². The van der Waals surface area contributed by atoms with Gasteiger partial charge in [-0.05, 0) is 60.7 Å². The van der Waals surface area contributed by atoms with Crippen molar-refractivity contribution in [3.8, 4) is 0 Å². The molecular formula is C24H19F6PS2. The summed E-state index contributed by atoms with van der Waals surface area (Å²) in [5.74, 6) is 0. The number of rotatable bonds is 5. The molecule has 0 atom stereocenters. The average molecular weight is 517 g/mol. The van der Waals surface area contributed by atoms with Gasteiger partial charge in [-0.25, -0.2) is 0 Å². The quantitative estimate of drug-likeness (QED) is 0.144. The maximum atomic E-state index is 9.87. The second kappa shape index (κ2) is 9.45. The number of hydrogen-bond donors (Lipinski definition) is 0. The summed E-state index contributed by atoms with van der Waals surface area (Å²) in [6.45, 7) is 0. The minimum absolute atomic E-state index is 0.0786. The molecule has 0 nitrogen and oxygen atoms in total. The smallest absolute Gasteiger partial charge is 0.0901 e. The van der Waals surface area contributed by atoms with Gasteiger partial charge in [0.1, 0.15) is 0 Å². The first-order valence-electron chi connectivity index (χ1n) is 9.59. The van der Waals surface area contributed by atoms with E-state index in [1.54, 1.807) is 11.8 Å². The third-order valence-electron chi connectivity index (χ3n) is 4.00. The second-order valence-corrected chi connectivity index (χ2v) is 11.9. The first-order chi connectivity index (χ1) is 15.3. The van der Waals surface area contributed by atoms with E-state index in [-0.39, 0.29) is 10.9 Å². The van der Waals surface area contributed by atoms with Gasteiger partial charge < -0.3 is 0 Å². The van der Waals surface area contributed by atoms with Crippen LogP contribution in [0.2, 0.25) is 0 Å². The van der Waals surface area contributed by atoms with E-state index in [2.05, 4.69) is 115 Å². The van der Waals surface area contributed by atoms with Crippen LogP contribution in [0.4, 0.5) is 25.2 Å². The molecule has 0 spiro atoms. The summed E-state index contributed by atoms with van der Waals surface area (Å²) in [6.07, 6.45) is 0. The van der Waals surface area contributed by atoms with Crippen LogP contribution < -0.4 is 0 Å². The van der Waals surface area contributed by atoms with Crippen molar-refractivity contribution < 1.29 is 25.2 Å². The molecule has 0 aliphatic rings. The predicted molar refractivity (Wildman–Crippen MR) is 126 cm³/mol. The standard InChI is InChI=1S/C24H19S2.F6P/c1-4-10-20(11-5-1)25-21-16-18-24(19-17-21)26(22-12-6-2-7-13-22)23-14-8-3-9-15-23;1-7(2,3,4,5)6/h1-19H;/q+1;-1. The zero-order chi connectivity index (χ0) is 24.0. The normalized spacial score (nSPS) is 13.4. The third kappa shape index (κ3) is 9.95. The predicted octanol–water partition coefficient (Wildman–Crippen LogP) is 10.3. The van der Waals surface area contributed by atoms with E-state index in [0.29, 0.717) is 0 Å². The van der Waals surface area contributed by atoms with Gasteiger partial charge in [-0.15, -0.1) is 0 Å². The van der Waals surface area contributed by atoms with E-state index < -0.39 is 7.81 Å². The van der Waals surface area contributed by atoms with E-state index in [0.717, 1.165) is 0 Å². The summed E-state index contributed by atoms with van der Waals surface area (Å²) in [7, 11) is -10.7. The number of hydrogen-bond acceptors (Lipinski definition) is 1. The third-order valence-corrected chi connectivity index (χ3v) is 7.24. The minimum atomic E-state index is -10.7. The van der Waals surface area contributed by atoms with Crippen molar-refractivity contribution in [1.82, 2.24) is 0 Å². The summed E-state index contributed by atoms with van der Waals surface area (Å²) < 4.78 is 59.2. The van der Waals surface area contributed by atoms with Crippen LogP contribution in [0.25, 0.3) is 0 Å². The first-order valence-corrected chi connectivity index (χ1v) is 13.7. The summed E-state index contributed by atoms with van der Waals surface area (Å²) >= 11 is 1.80. The van der Waals surface area contributed by atoms with Crippen molar-refractivity contribution in [3.05, 3.63) is 115 Å². The Kier molecular flexibility index (Phi) is 7.22. The van der Waals surface area contributed by atoms with Gasteiger partial charge >= 0.3 is 33.0 Å². The van der Waals surface area contributed by atoms with Gasteiger partial charge in [0, 0.05) is 9.79 Å². The molecule has 0 heterocycles. The largest absolute Gasteiger partial charge is 0.166 e. The molecule has 0 radical (unpaired) electrons. The Morgan fingerprint density at radius 2 is 0.727 bits per heavy atom. The van der Waals surface area contributed by atoms with E-state index in [4.69, 9.17) is 0 Å². The number of halogens is 6. The molecule has 0 amide bonds. The Labute approximate surface area is 195 Å². The Hall–Kier alpha value is -2.41. The molecule has 0 aromatic heterocycles. The average Bonchev–Trinajstić information content (AvgIpc) is 2.75. The zero-order valence-corrected chi connectivity index (χ0v) is 19.5. The summed E-state index contributed by atoms with van der Waals surface area (Å²) in [5, 5.41) is 0. The molecule has 0 saturated heterocycles. The monoisotopic (exact) mass is 516 g/mol. The molecule has 0 N–H and O–H groups in total. The van der Waals surface area contributed by atoms with Crippen LogP contribution in [0, 0.1) is 0 Å². The van der Waals surface area contributed by atoms with E-state index in [1.165, 1.54) is 24.5 Å². The van der Waals surface area contributed by atoms with Crippen molar-refractivity contribution in [2.45, 2.75) is 24.5 Å². The van der Waals surface area contributed by atoms with Crippen LogP contribution in [0.5, 0.6) is 0 Å². The molecule has 0 bridgehead atoms. The van der Waals surface area contributed by atoms with Crippen LogP contribution in [0.1, 0.15) is 0 Å². The molecule has 9 heteroatoms. The molecule has 0 fully saturated rings. The van der Waals surface area contributed by atoms with Crippen molar-refractivity contribution in [2.24, 2.45) is 0 Å². The van der Waals surface area contributed by atoms with Crippen molar-refractivity contribution in [2.75, 3.05) is 0 Å². The molecule has 0 aliphatic carbocycles. The van der Waals surface area contributed by atoms with E-state index in [9.17, 15) is 25.2 Å². The molecule has 0 saturated carbocycles. The second-order valence-electron chi connectivity index (χ2n) is 6.78. The van der Waals surface area contributed by atoms with Crippen molar-refractivity contribution in [1.29, 1.82) is 0 Å².